The van der Waals surface area contributed by atoms with Gasteiger partial charge in [-0.25, -0.2) is 8.42 Å². The number of amides is 1. The van der Waals surface area contributed by atoms with Gasteiger partial charge in [-0.15, -0.1) is 16.1 Å². The second kappa shape index (κ2) is 3.89. The largest absolute Gasteiger partial charge is 0.297 e. The molecule has 13 heavy (non-hydrogen) atoms. The monoisotopic (exact) mass is 218 g/mol. The fourth-order valence-electron chi connectivity index (χ4n) is 0.636. The van der Waals surface area contributed by atoms with Gasteiger partial charge < -0.3 is 0 Å². The Labute approximate surface area is 80.6 Å². The number of sulfonamides is 1. The maximum Gasteiger partial charge on any atom is 0.297 e. The lowest BCUT2D eigenvalue weighted by Gasteiger charge is -1.97. The van der Waals surface area contributed by atoms with Crippen molar-refractivity contribution >= 4 is 27.3 Å². The molecule has 0 bridgehead atoms. The standard InChI is InChI=1S/C7H8NO3S2/c1-2-13(10,11)8-7(9)6-4-3-5-12-6/h3-5H,2H2,1H3. The molecule has 0 atom stereocenters. The fraction of sp³-hybridized carbons (Fsp3) is 0.286. The first-order valence-corrected chi connectivity index (χ1v) is 6.07. The molecule has 0 saturated carbocycles. The van der Waals surface area contributed by atoms with Crippen LogP contribution in [-0.4, -0.2) is 20.1 Å². The van der Waals surface area contributed by atoms with E-state index < -0.39 is 15.9 Å². The summed E-state index contributed by atoms with van der Waals surface area (Å²) in [6.45, 7) is 1.44. The molecule has 4 nitrogen and oxygen atoms in total. The summed E-state index contributed by atoms with van der Waals surface area (Å²) in [5.74, 6) is -0.832. The van der Waals surface area contributed by atoms with Gasteiger partial charge in [0, 0.05) is 0 Å². The average Bonchev–Trinajstić information content (AvgIpc) is 2.55. The maximum atomic E-state index is 11.1. The molecule has 0 spiro atoms. The number of rotatable bonds is 3. The van der Waals surface area contributed by atoms with Crippen LogP contribution in [0.3, 0.4) is 0 Å². The summed E-state index contributed by atoms with van der Waals surface area (Å²) >= 11 is 1.17. The summed E-state index contributed by atoms with van der Waals surface area (Å²) in [6.07, 6.45) is 0. The van der Waals surface area contributed by atoms with E-state index in [1.807, 2.05) is 0 Å². The topological polar surface area (TPSA) is 65.3 Å². The second-order valence-electron chi connectivity index (χ2n) is 2.24. The molecule has 0 N–H and O–H groups in total. The number of carbonyl (C=O) groups is 1. The molecule has 6 heteroatoms. The number of nitrogens with zero attached hydrogens (tertiary/aromatic N) is 1. The van der Waals surface area contributed by atoms with Crippen LogP contribution in [0.1, 0.15) is 16.6 Å². The SMILES string of the molecule is CCS(=O)(=O)[N]C(=O)c1cccs1. The molecule has 1 radical (unpaired) electrons. The molecule has 0 saturated heterocycles. The van der Waals surface area contributed by atoms with Crippen LogP contribution < -0.4 is 4.72 Å². The van der Waals surface area contributed by atoms with E-state index in [0.29, 0.717) is 4.88 Å². The van der Waals surface area contributed by atoms with Crippen LogP contribution in [-0.2, 0) is 10.0 Å². The molecular formula is C7H8NO3S2. The Hall–Kier alpha value is -0.880. The Morgan fingerprint density at radius 1 is 1.62 bits per heavy atom. The molecule has 0 unspecified atom stereocenters. The molecule has 1 heterocycles. The van der Waals surface area contributed by atoms with Crippen molar-refractivity contribution in [3.8, 4) is 0 Å². The predicted molar refractivity (Wildman–Crippen MR) is 50.2 cm³/mol. The third kappa shape index (κ3) is 2.82. The third-order valence-corrected chi connectivity index (χ3v) is 3.35. The summed E-state index contributed by atoms with van der Waals surface area (Å²) in [5, 5.41) is 1.70. The molecule has 0 aromatic carbocycles. The molecule has 1 aromatic rings. The number of carbonyl (C=O) groups excluding carboxylic acids is 1. The Morgan fingerprint density at radius 2 is 2.31 bits per heavy atom. The maximum absolute atomic E-state index is 11.1. The Bertz CT molecular complexity index is 380. The van der Waals surface area contributed by atoms with Crippen LogP contribution >= 0.6 is 11.3 Å². The number of hydrogen-bond acceptors (Lipinski definition) is 4. The normalized spacial score (nSPS) is 11.2. The van der Waals surface area contributed by atoms with Gasteiger partial charge in [0.25, 0.3) is 15.9 Å². The van der Waals surface area contributed by atoms with Crippen LogP contribution in [0.15, 0.2) is 17.5 Å². The first-order valence-electron chi connectivity index (χ1n) is 3.58. The zero-order valence-corrected chi connectivity index (χ0v) is 8.56. The quantitative estimate of drug-likeness (QED) is 0.755. The van der Waals surface area contributed by atoms with E-state index >= 15 is 0 Å². The van der Waals surface area contributed by atoms with Crippen molar-refractivity contribution in [3.63, 3.8) is 0 Å². The molecule has 0 aliphatic carbocycles. The molecule has 71 valence electrons. The molecule has 1 aromatic heterocycles. The molecule has 0 aliphatic heterocycles. The van der Waals surface area contributed by atoms with Gasteiger partial charge in [0.05, 0.1) is 10.6 Å². The minimum absolute atomic E-state index is 0.149. The Morgan fingerprint density at radius 3 is 2.77 bits per heavy atom. The first-order chi connectivity index (χ1) is 6.05. The second-order valence-corrected chi connectivity index (χ2v) is 5.12. The van der Waals surface area contributed by atoms with Gasteiger partial charge in [-0.1, -0.05) is 6.07 Å². The molecule has 0 aliphatic rings. The summed E-state index contributed by atoms with van der Waals surface area (Å²) in [4.78, 5) is 11.5. The van der Waals surface area contributed by atoms with Crippen LogP contribution in [0, 0.1) is 0 Å². The third-order valence-electron chi connectivity index (χ3n) is 1.32. The van der Waals surface area contributed by atoms with Crippen LogP contribution in [0.25, 0.3) is 0 Å². The highest BCUT2D eigenvalue weighted by Gasteiger charge is 2.16. The predicted octanol–water partition coefficient (Wildman–Crippen LogP) is 0.842. The summed E-state index contributed by atoms with van der Waals surface area (Å²) in [6, 6.07) is 3.22. The van der Waals surface area contributed by atoms with Gasteiger partial charge in [-0.05, 0) is 18.4 Å². The summed E-state index contributed by atoms with van der Waals surface area (Å²) in [7, 11) is -3.56. The van der Waals surface area contributed by atoms with Crippen molar-refractivity contribution in [2.75, 3.05) is 5.75 Å². The van der Waals surface area contributed by atoms with E-state index in [9.17, 15) is 13.2 Å². The van der Waals surface area contributed by atoms with E-state index in [1.165, 1.54) is 18.3 Å². The summed E-state index contributed by atoms with van der Waals surface area (Å²) in [5.41, 5.74) is 0. The minimum atomic E-state index is -3.56. The van der Waals surface area contributed by atoms with E-state index in [1.54, 1.807) is 17.5 Å². The van der Waals surface area contributed by atoms with Crippen molar-refractivity contribution < 1.29 is 13.2 Å². The van der Waals surface area contributed by atoms with Crippen LogP contribution in [0.2, 0.25) is 0 Å². The Balaban J connectivity index is 2.73. The van der Waals surface area contributed by atoms with Gasteiger partial charge in [-0.2, -0.15) is 0 Å². The zero-order valence-electron chi connectivity index (χ0n) is 6.93. The lowest BCUT2D eigenvalue weighted by molar-refractivity contribution is 0.0982. The molecular weight excluding hydrogens is 210 g/mol. The van der Waals surface area contributed by atoms with E-state index in [2.05, 4.69) is 4.72 Å². The lowest BCUT2D eigenvalue weighted by atomic mass is 10.5. The minimum Gasteiger partial charge on any atom is -0.265 e. The zero-order chi connectivity index (χ0) is 9.90. The average molecular weight is 218 g/mol. The fourth-order valence-corrected chi connectivity index (χ4v) is 1.78. The number of hydrogen-bond donors (Lipinski definition) is 0. The van der Waals surface area contributed by atoms with Crippen molar-refractivity contribution in [1.29, 1.82) is 0 Å². The highest BCUT2D eigenvalue weighted by molar-refractivity contribution is 7.89. The van der Waals surface area contributed by atoms with Gasteiger partial charge in [0.15, 0.2) is 0 Å². The van der Waals surface area contributed by atoms with Crippen LogP contribution in [0.5, 0.6) is 0 Å². The highest BCUT2D eigenvalue weighted by atomic mass is 32.2. The van der Waals surface area contributed by atoms with Crippen molar-refractivity contribution in [2.24, 2.45) is 0 Å². The van der Waals surface area contributed by atoms with Gasteiger partial charge >= 0.3 is 0 Å². The Kier molecular flexibility index (Phi) is 3.05. The van der Waals surface area contributed by atoms with Gasteiger partial charge in [-0.3, -0.25) is 4.79 Å². The molecule has 1 rings (SSSR count). The van der Waals surface area contributed by atoms with Crippen molar-refractivity contribution in [3.05, 3.63) is 22.4 Å². The molecule has 1 amide bonds. The summed E-state index contributed by atoms with van der Waals surface area (Å²) < 4.78 is 25.0. The van der Waals surface area contributed by atoms with Crippen molar-refractivity contribution in [1.82, 2.24) is 4.72 Å². The van der Waals surface area contributed by atoms with E-state index in [-0.39, 0.29) is 5.75 Å². The number of thiophene rings is 1. The highest BCUT2D eigenvalue weighted by Crippen LogP contribution is 2.08. The lowest BCUT2D eigenvalue weighted by Crippen LogP contribution is -2.24. The van der Waals surface area contributed by atoms with Gasteiger partial charge in [0.1, 0.15) is 0 Å². The van der Waals surface area contributed by atoms with Gasteiger partial charge in [0.2, 0.25) is 0 Å². The smallest absolute Gasteiger partial charge is 0.265 e. The van der Waals surface area contributed by atoms with Crippen LogP contribution in [0.4, 0.5) is 0 Å². The van der Waals surface area contributed by atoms with E-state index in [0.717, 1.165) is 0 Å². The van der Waals surface area contributed by atoms with E-state index in [4.69, 9.17) is 0 Å². The molecule has 0 fully saturated rings. The van der Waals surface area contributed by atoms with Crippen molar-refractivity contribution in [2.45, 2.75) is 6.92 Å². The first kappa shape index (κ1) is 10.2.